The Bertz CT molecular complexity index is 613. The van der Waals surface area contributed by atoms with Gasteiger partial charge in [0.2, 0.25) is 10.0 Å². The molecule has 0 radical (unpaired) electrons. The summed E-state index contributed by atoms with van der Waals surface area (Å²) >= 11 is 0. The topological polar surface area (TPSA) is 96.8 Å². The zero-order chi connectivity index (χ0) is 15.9. The Hall–Kier alpha value is -1.77. The third-order valence-corrected chi connectivity index (χ3v) is 4.44. The van der Waals surface area contributed by atoms with Crippen LogP contribution in [0.5, 0.6) is 0 Å². The molecule has 0 aliphatic rings. The summed E-state index contributed by atoms with van der Waals surface area (Å²) in [5.41, 5.74) is 0.400. The number of sulfonamides is 1. The molecule has 0 atom stereocenters. The summed E-state index contributed by atoms with van der Waals surface area (Å²) in [5, 5.41) is 8.57. The maximum absolute atomic E-state index is 12.3. The van der Waals surface area contributed by atoms with E-state index in [4.69, 9.17) is 9.84 Å². The molecule has 8 heteroatoms. The first kappa shape index (κ1) is 17.3. The fraction of sp³-hybridized carbons (Fsp3) is 0.385. The first-order valence-corrected chi connectivity index (χ1v) is 7.72. The highest BCUT2D eigenvalue weighted by molar-refractivity contribution is 7.89. The van der Waals surface area contributed by atoms with Crippen molar-refractivity contribution in [3.63, 3.8) is 0 Å². The molecule has 1 rings (SSSR count). The molecule has 116 valence electrons. The van der Waals surface area contributed by atoms with Gasteiger partial charge in [0, 0.05) is 38.7 Å². The second-order valence-corrected chi connectivity index (χ2v) is 6.19. The minimum absolute atomic E-state index is 0.00837. The fourth-order valence-corrected chi connectivity index (χ4v) is 2.63. The number of carboxylic acid groups (broad SMARTS) is 1. The number of hydrogen-bond acceptors (Lipinski definition) is 5. The van der Waals surface area contributed by atoms with Crippen LogP contribution in [0, 0.1) is 0 Å². The number of likely N-dealkylation sites (N-methyl/N-ethyl adjacent to an activating group) is 1. The van der Waals surface area contributed by atoms with E-state index in [1.807, 2.05) is 6.92 Å². The van der Waals surface area contributed by atoms with Crippen molar-refractivity contribution in [3.05, 3.63) is 30.1 Å². The molecule has 0 aliphatic heterocycles. The van der Waals surface area contributed by atoms with Gasteiger partial charge in [-0.2, -0.15) is 4.31 Å². The molecule has 21 heavy (non-hydrogen) atoms. The number of aromatic nitrogens is 1. The number of hydrogen-bond donors (Lipinski definition) is 1. The van der Waals surface area contributed by atoms with Crippen LogP contribution in [0.2, 0.25) is 0 Å². The van der Waals surface area contributed by atoms with Gasteiger partial charge >= 0.3 is 5.97 Å². The molecule has 1 aromatic heterocycles. The van der Waals surface area contributed by atoms with Crippen LogP contribution in [0.15, 0.2) is 29.4 Å². The highest BCUT2D eigenvalue weighted by Gasteiger charge is 2.20. The van der Waals surface area contributed by atoms with Crippen LogP contribution in [0.25, 0.3) is 6.08 Å². The number of carbonyl (C=O) groups is 1. The molecular weight excluding hydrogens is 296 g/mol. The van der Waals surface area contributed by atoms with Gasteiger partial charge in [0.1, 0.15) is 4.90 Å². The Kier molecular flexibility index (Phi) is 6.47. The largest absolute Gasteiger partial charge is 0.478 e. The molecule has 0 fully saturated rings. The Morgan fingerprint density at radius 3 is 2.81 bits per heavy atom. The van der Waals surface area contributed by atoms with Gasteiger partial charge in [-0.3, -0.25) is 4.98 Å². The average molecular weight is 314 g/mol. The van der Waals surface area contributed by atoms with Gasteiger partial charge in [0.05, 0.1) is 6.61 Å². The van der Waals surface area contributed by atoms with Crippen LogP contribution in [0.1, 0.15) is 12.5 Å². The summed E-state index contributed by atoms with van der Waals surface area (Å²) in [7, 11) is -2.22. The van der Waals surface area contributed by atoms with Crippen LogP contribution < -0.4 is 0 Å². The Labute approximate surface area is 123 Å². The molecule has 0 unspecified atom stereocenters. The molecule has 1 aromatic rings. The van der Waals surface area contributed by atoms with Crippen molar-refractivity contribution in [3.8, 4) is 0 Å². The predicted molar refractivity (Wildman–Crippen MR) is 77.2 cm³/mol. The highest BCUT2D eigenvalue weighted by Crippen LogP contribution is 2.15. The summed E-state index contributed by atoms with van der Waals surface area (Å²) in [4.78, 5) is 14.3. The van der Waals surface area contributed by atoms with Crippen molar-refractivity contribution in [1.82, 2.24) is 9.29 Å². The number of ether oxygens (including phenoxy) is 1. The van der Waals surface area contributed by atoms with Gasteiger partial charge in [0.25, 0.3) is 0 Å². The summed E-state index contributed by atoms with van der Waals surface area (Å²) in [6, 6.07) is 1.37. The van der Waals surface area contributed by atoms with E-state index in [1.54, 1.807) is 0 Å². The van der Waals surface area contributed by atoms with Crippen LogP contribution in [-0.2, 0) is 19.6 Å². The number of pyridine rings is 1. The summed E-state index contributed by atoms with van der Waals surface area (Å²) in [5.74, 6) is -1.11. The van der Waals surface area contributed by atoms with E-state index in [1.165, 1.54) is 35.9 Å². The lowest BCUT2D eigenvalue weighted by Crippen LogP contribution is -2.30. The van der Waals surface area contributed by atoms with Crippen LogP contribution in [0.3, 0.4) is 0 Å². The minimum Gasteiger partial charge on any atom is -0.478 e. The average Bonchev–Trinajstić information content (AvgIpc) is 2.45. The van der Waals surface area contributed by atoms with Crippen molar-refractivity contribution in [1.29, 1.82) is 0 Å². The van der Waals surface area contributed by atoms with E-state index < -0.39 is 16.0 Å². The molecule has 0 spiro atoms. The summed E-state index contributed by atoms with van der Waals surface area (Å²) in [6.07, 6.45) is 4.82. The van der Waals surface area contributed by atoms with Crippen molar-refractivity contribution < 1.29 is 23.1 Å². The van der Waals surface area contributed by atoms with E-state index in [2.05, 4.69) is 4.98 Å². The molecular formula is C13H18N2O5S. The van der Waals surface area contributed by atoms with Crippen molar-refractivity contribution >= 4 is 22.1 Å². The van der Waals surface area contributed by atoms with Crippen LogP contribution in [0.4, 0.5) is 0 Å². The number of rotatable bonds is 8. The van der Waals surface area contributed by atoms with Crippen LogP contribution in [-0.4, -0.2) is 55.6 Å². The SMILES string of the molecule is CCOCCN(C)S(=O)(=O)c1cncc(/C=C/C(=O)O)c1. The fourth-order valence-electron chi connectivity index (χ4n) is 1.47. The van der Waals surface area contributed by atoms with Crippen molar-refractivity contribution in [2.24, 2.45) is 0 Å². The van der Waals surface area contributed by atoms with E-state index in [0.29, 0.717) is 18.8 Å². The summed E-state index contributed by atoms with van der Waals surface area (Å²) < 4.78 is 30.9. The monoisotopic (exact) mass is 314 g/mol. The third kappa shape index (κ3) is 5.25. The predicted octanol–water partition coefficient (Wildman–Crippen LogP) is 0.836. The number of nitrogens with zero attached hydrogens (tertiary/aromatic N) is 2. The number of carboxylic acids is 1. The van der Waals surface area contributed by atoms with E-state index in [9.17, 15) is 13.2 Å². The van der Waals surface area contributed by atoms with Crippen molar-refractivity contribution in [2.45, 2.75) is 11.8 Å². The Morgan fingerprint density at radius 2 is 2.19 bits per heavy atom. The molecule has 0 aromatic carbocycles. The molecule has 0 aliphatic carbocycles. The lowest BCUT2D eigenvalue weighted by atomic mass is 10.2. The molecule has 7 nitrogen and oxygen atoms in total. The molecule has 1 N–H and O–H groups in total. The molecule has 0 saturated carbocycles. The van der Waals surface area contributed by atoms with Gasteiger partial charge in [-0.1, -0.05) is 0 Å². The molecule has 0 saturated heterocycles. The standard InChI is InChI=1S/C13H18N2O5S/c1-3-20-7-6-15(2)21(18,19)12-8-11(9-14-10-12)4-5-13(16)17/h4-5,8-10H,3,6-7H2,1-2H3,(H,16,17)/b5-4+. The Balaban J connectivity index is 2.92. The first-order valence-electron chi connectivity index (χ1n) is 6.28. The highest BCUT2D eigenvalue weighted by atomic mass is 32.2. The van der Waals surface area contributed by atoms with Gasteiger partial charge in [0.15, 0.2) is 0 Å². The molecule has 0 bridgehead atoms. The van der Waals surface area contributed by atoms with E-state index >= 15 is 0 Å². The molecule has 1 heterocycles. The Morgan fingerprint density at radius 1 is 1.48 bits per heavy atom. The van der Waals surface area contributed by atoms with Gasteiger partial charge in [-0.05, 0) is 24.6 Å². The lowest BCUT2D eigenvalue weighted by molar-refractivity contribution is -0.131. The lowest BCUT2D eigenvalue weighted by Gasteiger charge is -2.16. The summed E-state index contributed by atoms with van der Waals surface area (Å²) in [6.45, 7) is 2.88. The quantitative estimate of drug-likeness (QED) is 0.564. The van der Waals surface area contributed by atoms with E-state index in [-0.39, 0.29) is 11.4 Å². The second-order valence-electron chi connectivity index (χ2n) is 4.15. The van der Waals surface area contributed by atoms with Crippen LogP contribution >= 0.6 is 0 Å². The normalized spacial score (nSPS) is 12.1. The van der Waals surface area contributed by atoms with Crippen molar-refractivity contribution in [2.75, 3.05) is 26.8 Å². The maximum atomic E-state index is 12.3. The van der Waals surface area contributed by atoms with Gasteiger partial charge in [-0.25, -0.2) is 13.2 Å². The molecule has 0 amide bonds. The van der Waals surface area contributed by atoms with Gasteiger partial charge in [-0.15, -0.1) is 0 Å². The third-order valence-electron chi connectivity index (χ3n) is 2.62. The maximum Gasteiger partial charge on any atom is 0.328 e. The first-order chi connectivity index (χ1) is 9.87. The number of aliphatic carboxylic acids is 1. The van der Waals surface area contributed by atoms with E-state index in [0.717, 1.165) is 6.08 Å². The minimum atomic E-state index is -3.67. The zero-order valence-electron chi connectivity index (χ0n) is 11.9. The van der Waals surface area contributed by atoms with Gasteiger partial charge < -0.3 is 9.84 Å². The zero-order valence-corrected chi connectivity index (χ0v) is 12.7. The smallest absolute Gasteiger partial charge is 0.328 e. The second kappa shape index (κ2) is 7.87.